The molecule has 2 rings (SSSR count). The molecule has 0 aliphatic rings. The molecule has 0 atom stereocenters. The van der Waals surface area contributed by atoms with Crippen molar-refractivity contribution in [2.24, 2.45) is 0 Å². The fraction of sp³-hybridized carbons (Fsp3) is 0.333. The molecule has 0 saturated heterocycles. The Bertz CT molecular complexity index is 617. The summed E-state index contributed by atoms with van der Waals surface area (Å²) in [5, 5.41) is 12.2. The van der Waals surface area contributed by atoms with Crippen molar-refractivity contribution in [3.05, 3.63) is 47.5 Å². The van der Waals surface area contributed by atoms with Crippen LogP contribution in [-0.4, -0.2) is 20.6 Å². The zero-order valence-electron chi connectivity index (χ0n) is 11.9. The molecule has 0 fully saturated rings. The summed E-state index contributed by atoms with van der Waals surface area (Å²) in [5.41, 5.74) is 2.15. The molecule has 0 unspecified atom stereocenters. The Morgan fingerprint density at radius 3 is 2.85 bits per heavy atom. The van der Waals surface area contributed by atoms with Gasteiger partial charge in [0, 0.05) is 11.7 Å². The first-order valence-corrected chi connectivity index (χ1v) is 6.59. The third-order valence-corrected chi connectivity index (χ3v) is 3.16. The van der Waals surface area contributed by atoms with Gasteiger partial charge in [-0.1, -0.05) is 6.07 Å². The van der Waals surface area contributed by atoms with Crippen molar-refractivity contribution in [3.63, 3.8) is 0 Å². The van der Waals surface area contributed by atoms with Crippen molar-refractivity contribution in [1.29, 1.82) is 0 Å². The Morgan fingerprint density at radius 1 is 1.45 bits per heavy atom. The van der Waals surface area contributed by atoms with E-state index in [9.17, 15) is 4.79 Å². The van der Waals surface area contributed by atoms with E-state index in [0.29, 0.717) is 12.6 Å². The highest BCUT2D eigenvalue weighted by atomic mass is 16.4. The highest BCUT2D eigenvalue weighted by Gasteiger charge is 2.09. The number of imidazole rings is 1. The highest BCUT2D eigenvalue weighted by molar-refractivity contribution is 5.88. The van der Waals surface area contributed by atoms with Gasteiger partial charge in [-0.25, -0.2) is 9.78 Å². The maximum absolute atomic E-state index is 10.9. The van der Waals surface area contributed by atoms with Crippen LogP contribution >= 0.6 is 0 Å². The van der Waals surface area contributed by atoms with Crippen molar-refractivity contribution in [2.45, 2.75) is 33.4 Å². The lowest BCUT2D eigenvalue weighted by atomic mass is 10.2. The summed E-state index contributed by atoms with van der Waals surface area (Å²) in [6, 6.07) is 7.15. The van der Waals surface area contributed by atoms with Crippen LogP contribution in [0.2, 0.25) is 0 Å². The van der Waals surface area contributed by atoms with E-state index >= 15 is 0 Å². The second-order valence-electron chi connectivity index (χ2n) is 5.00. The van der Waals surface area contributed by atoms with Crippen LogP contribution < -0.4 is 5.32 Å². The minimum atomic E-state index is -0.920. The van der Waals surface area contributed by atoms with E-state index in [1.165, 1.54) is 0 Å². The second kappa shape index (κ2) is 5.77. The van der Waals surface area contributed by atoms with Gasteiger partial charge in [0.25, 0.3) is 0 Å². The molecule has 1 heterocycles. The maximum Gasteiger partial charge on any atom is 0.335 e. The first-order valence-electron chi connectivity index (χ1n) is 6.59. The van der Waals surface area contributed by atoms with Crippen molar-refractivity contribution in [2.75, 3.05) is 5.32 Å². The van der Waals surface area contributed by atoms with Crippen LogP contribution in [0.15, 0.2) is 30.5 Å². The molecule has 0 radical (unpaired) electrons. The number of aromatic nitrogens is 2. The molecular weight excluding hydrogens is 254 g/mol. The van der Waals surface area contributed by atoms with Gasteiger partial charge >= 0.3 is 5.97 Å². The van der Waals surface area contributed by atoms with Crippen LogP contribution in [0.25, 0.3) is 0 Å². The lowest BCUT2D eigenvalue weighted by molar-refractivity contribution is 0.0697. The summed E-state index contributed by atoms with van der Waals surface area (Å²) in [4.78, 5) is 15.3. The molecule has 0 amide bonds. The van der Waals surface area contributed by atoms with Crippen molar-refractivity contribution >= 4 is 11.7 Å². The Labute approximate surface area is 118 Å². The van der Waals surface area contributed by atoms with Gasteiger partial charge in [-0.2, -0.15) is 0 Å². The van der Waals surface area contributed by atoms with Crippen molar-refractivity contribution in [1.82, 2.24) is 9.55 Å². The average Bonchev–Trinajstić information content (AvgIpc) is 2.78. The van der Waals surface area contributed by atoms with Crippen LogP contribution in [-0.2, 0) is 6.54 Å². The number of carboxylic acids is 1. The zero-order chi connectivity index (χ0) is 14.7. The maximum atomic E-state index is 10.9. The molecule has 0 aliphatic carbocycles. The van der Waals surface area contributed by atoms with Gasteiger partial charge in [0.15, 0.2) is 0 Å². The number of carbonyl (C=O) groups is 1. The van der Waals surface area contributed by atoms with Crippen molar-refractivity contribution < 1.29 is 9.90 Å². The molecule has 20 heavy (non-hydrogen) atoms. The molecule has 2 aromatic rings. The molecular formula is C15H19N3O2. The summed E-state index contributed by atoms with van der Waals surface area (Å²) < 4.78 is 2.16. The Balaban J connectivity index is 2.13. The number of benzene rings is 1. The van der Waals surface area contributed by atoms with Crippen LogP contribution in [0, 0.1) is 6.92 Å². The number of hydrogen-bond donors (Lipinski definition) is 2. The van der Waals surface area contributed by atoms with Gasteiger partial charge in [0.05, 0.1) is 24.0 Å². The van der Waals surface area contributed by atoms with Gasteiger partial charge < -0.3 is 15.0 Å². The third kappa shape index (κ3) is 2.99. The Hall–Kier alpha value is -2.30. The predicted molar refractivity (Wildman–Crippen MR) is 78.1 cm³/mol. The summed E-state index contributed by atoms with van der Waals surface area (Å²) >= 11 is 0. The molecule has 5 nitrogen and oxygen atoms in total. The van der Waals surface area contributed by atoms with E-state index in [0.717, 1.165) is 17.2 Å². The molecule has 1 aromatic carbocycles. The average molecular weight is 273 g/mol. The van der Waals surface area contributed by atoms with Crippen LogP contribution in [0.5, 0.6) is 0 Å². The molecule has 106 valence electrons. The SMILES string of the molecule is Cc1ncc(CNc2cccc(C(=O)O)c2)n1C(C)C. The Kier molecular flexibility index (Phi) is 4.08. The minimum Gasteiger partial charge on any atom is -0.478 e. The number of nitrogens with zero attached hydrogens (tertiary/aromatic N) is 2. The van der Waals surface area contributed by atoms with E-state index < -0.39 is 5.97 Å². The quantitative estimate of drug-likeness (QED) is 0.878. The standard InChI is InChI=1S/C15H19N3O2/c1-10(2)18-11(3)16-8-14(18)9-17-13-6-4-5-12(7-13)15(19)20/h4-8,10,17H,9H2,1-3H3,(H,19,20). The van der Waals surface area contributed by atoms with Crippen molar-refractivity contribution in [3.8, 4) is 0 Å². The highest BCUT2D eigenvalue weighted by Crippen LogP contribution is 2.16. The summed E-state index contributed by atoms with van der Waals surface area (Å²) in [6.45, 7) is 6.82. The van der Waals surface area contributed by atoms with Crippen LogP contribution in [0.3, 0.4) is 0 Å². The van der Waals surface area contributed by atoms with E-state index in [4.69, 9.17) is 5.11 Å². The largest absolute Gasteiger partial charge is 0.478 e. The summed E-state index contributed by atoms with van der Waals surface area (Å²) in [6.07, 6.45) is 1.85. The number of anilines is 1. The smallest absolute Gasteiger partial charge is 0.335 e. The number of carboxylic acid groups (broad SMARTS) is 1. The molecule has 0 bridgehead atoms. The molecule has 1 aromatic heterocycles. The van der Waals surface area contributed by atoms with Gasteiger partial charge in [-0.3, -0.25) is 0 Å². The fourth-order valence-electron chi connectivity index (χ4n) is 2.29. The van der Waals surface area contributed by atoms with Gasteiger partial charge in [-0.05, 0) is 39.0 Å². The molecule has 0 aliphatic heterocycles. The van der Waals surface area contributed by atoms with Gasteiger partial charge in [0.1, 0.15) is 5.82 Å². The number of aryl methyl sites for hydroxylation is 1. The minimum absolute atomic E-state index is 0.281. The lowest BCUT2D eigenvalue weighted by Crippen LogP contribution is -2.11. The van der Waals surface area contributed by atoms with E-state index in [2.05, 4.69) is 28.7 Å². The van der Waals surface area contributed by atoms with E-state index in [-0.39, 0.29) is 5.56 Å². The van der Waals surface area contributed by atoms with Crippen LogP contribution in [0.1, 0.15) is 41.8 Å². The number of hydrogen-bond acceptors (Lipinski definition) is 3. The number of nitrogens with one attached hydrogen (secondary N) is 1. The van der Waals surface area contributed by atoms with Gasteiger partial charge in [0.2, 0.25) is 0 Å². The molecule has 0 saturated carbocycles. The second-order valence-corrected chi connectivity index (χ2v) is 5.00. The van der Waals surface area contributed by atoms with Gasteiger partial charge in [-0.15, -0.1) is 0 Å². The predicted octanol–water partition coefficient (Wildman–Crippen LogP) is 3.08. The first-order chi connectivity index (χ1) is 9.49. The van der Waals surface area contributed by atoms with E-state index in [1.807, 2.05) is 19.2 Å². The summed E-state index contributed by atoms with van der Waals surface area (Å²) in [7, 11) is 0. The first kappa shape index (κ1) is 14.1. The van der Waals surface area contributed by atoms with E-state index in [1.54, 1.807) is 18.2 Å². The zero-order valence-corrected chi connectivity index (χ0v) is 11.9. The third-order valence-electron chi connectivity index (χ3n) is 3.16. The number of aromatic carboxylic acids is 1. The molecule has 5 heteroatoms. The lowest BCUT2D eigenvalue weighted by Gasteiger charge is -2.15. The topological polar surface area (TPSA) is 67.2 Å². The fourth-order valence-corrected chi connectivity index (χ4v) is 2.29. The number of rotatable bonds is 5. The Morgan fingerprint density at radius 2 is 2.20 bits per heavy atom. The molecule has 0 spiro atoms. The van der Waals surface area contributed by atoms with Crippen LogP contribution in [0.4, 0.5) is 5.69 Å². The monoisotopic (exact) mass is 273 g/mol. The molecule has 2 N–H and O–H groups in total. The summed E-state index contributed by atoms with van der Waals surface area (Å²) in [5.74, 6) is 0.0628. The normalized spacial score (nSPS) is 10.8.